The van der Waals surface area contributed by atoms with E-state index in [2.05, 4.69) is 130 Å². The van der Waals surface area contributed by atoms with Crippen molar-refractivity contribution in [3.8, 4) is 0 Å². The SMILES string of the molecule is Brc1cnc2c(ccn2C(c2ccccc2)(c2ccccc2)c2ccccc2)c1. The smallest absolute Gasteiger partial charge is 0.141 e. The zero-order chi connectivity index (χ0) is 19.7. The number of fused-ring (bicyclic) bond motifs is 1. The normalized spacial score (nSPS) is 11.6. The molecule has 0 radical (unpaired) electrons. The van der Waals surface area contributed by atoms with Gasteiger partial charge in [0.2, 0.25) is 0 Å². The summed E-state index contributed by atoms with van der Waals surface area (Å²) in [7, 11) is 0. The lowest BCUT2D eigenvalue weighted by Gasteiger charge is -2.38. The molecule has 5 aromatic rings. The number of nitrogens with zero attached hydrogens (tertiary/aromatic N) is 2. The largest absolute Gasteiger partial charge is 0.314 e. The van der Waals surface area contributed by atoms with E-state index in [0.717, 1.165) is 15.5 Å². The monoisotopic (exact) mass is 438 g/mol. The molecule has 0 amide bonds. The summed E-state index contributed by atoms with van der Waals surface area (Å²) in [4.78, 5) is 4.80. The van der Waals surface area contributed by atoms with Crippen molar-refractivity contribution in [2.24, 2.45) is 0 Å². The molecule has 0 aliphatic heterocycles. The lowest BCUT2D eigenvalue weighted by atomic mass is 9.76. The fourth-order valence-corrected chi connectivity index (χ4v) is 4.57. The third kappa shape index (κ3) is 2.90. The molecule has 0 atom stereocenters. The van der Waals surface area contributed by atoms with E-state index in [-0.39, 0.29) is 0 Å². The molecule has 3 aromatic carbocycles. The van der Waals surface area contributed by atoms with E-state index in [1.54, 1.807) is 0 Å². The van der Waals surface area contributed by atoms with Gasteiger partial charge in [-0.2, -0.15) is 0 Å². The lowest BCUT2D eigenvalue weighted by Crippen LogP contribution is -2.37. The summed E-state index contributed by atoms with van der Waals surface area (Å²) < 4.78 is 3.28. The van der Waals surface area contributed by atoms with Crippen molar-refractivity contribution >= 4 is 27.0 Å². The number of hydrogen-bond donors (Lipinski definition) is 0. The molecule has 0 aliphatic rings. The van der Waals surface area contributed by atoms with Gasteiger partial charge in [-0.1, -0.05) is 91.0 Å². The Bertz CT molecular complexity index is 1150. The molecular formula is C26H19BrN2. The highest BCUT2D eigenvalue weighted by atomic mass is 79.9. The van der Waals surface area contributed by atoms with Crippen LogP contribution in [0.4, 0.5) is 0 Å². The second kappa shape index (κ2) is 7.34. The Morgan fingerprint density at radius 3 is 1.62 bits per heavy atom. The number of benzene rings is 3. The lowest BCUT2D eigenvalue weighted by molar-refractivity contribution is 0.530. The molecule has 2 aromatic heterocycles. The van der Waals surface area contributed by atoms with E-state index in [4.69, 9.17) is 4.98 Å². The van der Waals surface area contributed by atoms with E-state index in [1.165, 1.54) is 16.7 Å². The van der Waals surface area contributed by atoms with Crippen molar-refractivity contribution in [3.63, 3.8) is 0 Å². The van der Waals surface area contributed by atoms with Crippen LogP contribution in [0.5, 0.6) is 0 Å². The standard InChI is InChI=1S/C26H19BrN2/c27-24-18-20-16-17-29(25(20)28-19-24)26(21-10-4-1-5-11-21,22-12-6-2-7-13-22)23-14-8-3-9-15-23/h1-19H. The van der Waals surface area contributed by atoms with E-state index in [0.29, 0.717) is 0 Å². The van der Waals surface area contributed by atoms with Gasteiger partial charge in [0, 0.05) is 22.3 Å². The van der Waals surface area contributed by atoms with Gasteiger partial charge in [0.05, 0.1) is 0 Å². The first-order valence-corrected chi connectivity index (χ1v) is 10.4. The number of halogens is 1. The molecule has 0 saturated heterocycles. The van der Waals surface area contributed by atoms with Crippen LogP contribution in [-0.2, 0) is 5.54 Å². The summed E-state index contributed by atoms with van der Waals surface area (Å²) in [5.41, 5.74) is 4.00. The average Bonchev–Trinajstić information content (AvgIpc) is 3.20. The van der Waals surface area contributed by atoms with Crippen LogP contribution < -0.4 is 0 Å². The number of pyridine rings is 1. The van der Waals surface area contributed by atoms with Gasteiger partial charge in [-0.3, -0.25) is 0 Å². The van der Waals surface area contributed by atoms with Crippen LogP contribution >= 0.6 is 15.9 Å². The highest BCUT2D eigenvalue weighted by Gasteiger charge is 2.39. The van der Waals surface area contributed by atoms with E-state index >= 15 is 0 Å². The zero-order valence-corrected chi connectivity index (χ0v) is 17.3. The Labute approximate surface area is 178 Å². The van der Waals surface area contributed by atoms with Gasteiger partial charge in [-0.25, -0.2) is 4.98 Å². The molecule has 0 saturated carbocycles. The highest BCUT2D eigenvalue weighted by molar-refractivity contribution is 9.10. The number of hydrogen-bond acceptors (Lipinski definition) is 1. The van der Waals surface area contributed by atoms with Crippen LogP contribution in [0.15, 0.2) is 120 Å². The number of aromatic nitrogens is 2. The van der Waals surface area contributed by atoms with Crippen molar-refractivity contribution in [1.82, 2.24) is 9.55 Å². The molecule has 29 heavy (non-hydrogen) atoms. The molecule has 0 bridgehead atoms. The predicted molar refractivity (Wildman–Crippen MR) is 122 cm³/mol. The summed E-state index contributed by atoms with van der Waals surface area (Å²) in [6.45, 7) is 0. The minimum absolute atomic E-state index is 0.535. The van der Waals surface area contributed by atoms with Crippen LogP contribution in [0.3, 0.4) is 0 Å². The summed E-state index contributed by atoms with van der Waals surface area (Å²) >= 11 is 3.56. The Balaban J connectivity index is 1.95. The van der Waals surface area contributed by atoms with Gasteiger partial charge < -0.3 is 4.57 Å². The topological polar surface area (TPSA) is 17.8 Å². The molecule has 2 heterocycles. The summed E-state index contributed by atoms with van der Waals surface area (Å²) in [5.74, 6) is 0. The van der Waals surface area contributed by atoms with Crippen LogP contribution in [0.2, 0.25) is 0 Å². The molecule has 5 rings (SSSR count). The molecular weight excluding hydrogens is 420 g/mol. The second-order valence-electron chi connectivity index (χ2n) is 7.06. The minimum atomic E-state index is -0.535. The summed E-state index contributed by atoms with van der Waals surface area (Å²) in [5, 5.41) is 1.10. The molecule has 0 aliphatic carbocycles. The van der Waals surface area contributed by atoms with Gasteiger partial charge in [-0.15, -0.1) is 0 Å². The molecule has 0 unspecified atom stereocenters. The van der Waals surface area contributed by atoms with Gasteiger partial charge in [0.15, 0.2) is 0 Å². The van der Waals surface area contributed by atoms with E-state index < -0.39 is 5.54 Å². The maximum Gasteiger partial charge on any atom is 0.141 e. The molecule has 3 heteroatoms. The first-order chi connectivity index (χ1) is 14.3. The van der Waals surface area contributed by atoms with E-state index in [1.807, 2.05) is 6.20 Å². The van der Waals surface area contributed by atoms with Crippen molar-refractivity contribution in [2.45, 2.75) is 5.54 Å². The van der Waals surface area contributed by atoms with Gasteiger partial charge in [0.1, 0.15) is 11.2 Å². The van der Waals surface area contributed by atoms with Gasteiger partial charge >= 0.3 is 0 Å². The molecule has 2 nitrogen and oxygen atoms in total. The van der Waals surface area contributed by atoms with Gasteiger partial charge in [0.25, 0.3) is 0 Å². The molecule has 0 N–H and O–H groups in total. The van der Waals surface area contributed by atoms with Crippen LogP contribution in [0.25, 0.3) is 11.0 Å². The fourth-order valence-electron chi connectivity index (χ4n) is 4.22. The number of rotatable bonds is 4. The van der Waals surface area contributed by atoms with Crippen molar-refractivity contribution < 1.29 is 0 Å². The summed E-state index contributed by atoms with van der Waals surface area (Å²) in [6, 6.07) is 36.3. The maximum atomic E-state index is 4.80. The first-order valence-electron chi connectivity index (χ1n) is 9.60. The van der Waals surface area contributed by atoms with Crippen LogP contribution in [0.1, 0.15) is 16.7 Å². The van der Waals surface area contributed by atoms with Crippen molar-refractivity contribution in [1.29, 1.82) is 0 Å². The third-order valence-corrected chi connectivity index (χ3v) is 5.86. The molecule has 0 fully saturated rings. The van der Waals surface area contributed by atoms with Crippen LogP contribution in [0, 0.1) is 0 Å². The quantitative estimate of drug-likeness (QED) is 0.287. The Morgan fingerprint density at radius 1 is 0.655 bits per heavy atom. The Hall–Kier alpha value is -3.17. The summed E-state index contributed by atoms with van der Waals surface area (Å²) in [6.07, 6.45) is 4.02. The predicted octanol–water partition coefficient (Wildman–Crippen LogP) is 6.64. The molecule has 0 spiro atoms. The van der Waals surface area contributed by atoms with Gasteiger partial charge in [-0.05, 0) is 44.8 Å². The Kier molecular flexibility index (Phi) is 4.53. The molecule has 140 valence electrons. The van der Waals surface area contributed by atoms with Crippen molar-refractivity contribution in [2.75, 3.05) is 0 Å². The van der Waals surface area contributed by atoms with E-state index in [9.17, 15) is 0 Å². The third-order valence-electron chi connectivity index (χ3n) is 5.43. The second-order valence-corrected chi connectivity index (χ2v) is 7.98. The maximum absolute atomic E-state index is 4.80. The average molecular weight is 439 g/mol. The first kappa shape index (κ1) is 17.9. The zero-order valence-electron chi connectivity index (χ0n) is 15.7. The minimum Gasteiger partial charge on any atom is -0.314 e. The van der Waals surface area contributed by atoms with Crippen LogP contribution in [-0.4, -0.2) is 9.55 Å². The Morgan fingerprint density at radius 2 is 1.14 bits per heavy atom. The fraction of sp³-hybridized carbons (Fsp3) is 0.0385. The highest BCUT2D eigenvalue weighted by Crippen LogP contribution is 2.42. The van der Waals surface area contributed by atoms with Crippen molar-refractivity contribution in [3.05, 3.63) is 137 Å².